The van der Waals surface area contributed by atoms with Crippen LogP contribution in [0.15, 0.2) is 84.9 Å². The summed E-state index contributed by atoms with van der Waals surface area (Å²) in [4.78, 5) is 0. The lowest BCUT2D eigenvalue weighted by Crippen LogP contribution is -2.13. The van der Waals surface area contributed by atoms with E-state index in [-0.39, 0.29) is 5.24 Å². The van der Waals surface area contributed by atoms with Crippen molar-refractivity contribution in [3.05, 3.63) is 84.9 Å². The van der Waals surface area contributed by atoms with Crippen LogP contribution in [0.3, 0.4) is 0 Å². The van der Waals surface area contributed by atoms with E-state index in [0.717, 1.165) is 16.2 Å². The lowest BCUT2D eigenvalue weighted by atomic mass is 10.0. The highest BCUT2D eigenvalue weighted by atomic mass is 32.1. The Labute approximate surface area is 145 Å². The second-order valence-electron chi connectivity index (χ2n) is 5.41. The number of fused-ring (bicyclic) bond motifs is 3. The van der Waals surface area contributed by atoms with Crippen molar-refractivity contribution in [2.24, 2.45) is 0 Å². The van der Waals surface area contributed by atoms with E-state index in [9.17, 15) is 0 Å². The Kier molecular flexibility index (Phi) is 3.85. The van der Waals surface area contributed by atoms with Gasteiger partial charge >= 0.3 is 5.24 Å². The number of thiocarbonyl (C=S) groups is 1. The zero-order chi connectivity index (χ0) is 16.4. The molecule has 0 aliphatic rings. The number of ether oxygens (including phenoxy) is 2. The second-order valence-corrected chi connectivity index (χ2v) is 5.74. The van der Waals surface area contributed by atoms with Gasteiger partial charge in [-0.1, -0.05) is 66.7 Å². The van der Waals surface area contributed by atoms with E-state index in [1.807, 2.05) is 66.7 Å². The fraction of sp³-hybridized carbons (Fsp3) is 0. The molecule has 0 radical (unpaired) electrons. The number of para-hydroxylation sites is 1. The van der Waals surface area contributed by atoms with Gasteiger partial charge in [0, 0.05) is 17.6 Å². The zero-order valence-electron chi connectivity index (χ0n) is 12.8. The second kappa shape index (κ2) is 6.30. The monoisotopic (exact) mass is 330 g/mol. The summed E-state index contributed by atoms with van der Waals surface area (Å²) in [6.45, 7) is 0. The van der Waals surface area contributed by atoms with Crippen molar-refractivity contribution >= 4 is 39.0 Å². The summed E-state index contributed by atoms with van der Waals surface area (Å²) >= 11 is 5.26. The van der Waals surface area contributed by atoms with Crippen molar-refractivity contribution < 1.29 is 9.47 Å². The van der Waals surface area contributed by atoms with Crippen LogP contribution in [0.4, 0.5) is 0 Å². The Morgan fingerprint density at radius 2 is 1.25 bits per heavy atom. The first kappa shape index (κ1) is 14.7. The third-order valence-electron chi connectivity index (χ3n) is 3.87. The first-order valence-corrected chi connectivity index (χ1v) is 8.07. The van der Waals surface area contributed by atoms with Crippen LogP contribution in [0.1, 0.15) is 0 Å². The largest absolute Gasteiger partial charge is 0.417 e. The Morgan fingerprint density at radius 3 is 2.04 bits per heavy atom. The molecule has 0 N–H and O–H groups in total. The predicted molar refractivity (Wildman–Crippen MR) is 102 cm³/mol. The highest BCUT2D eigenvalue weighted by Gasteiger charge is 2.10. The average molecular weight is 330 g/mol. The fourth-order valence-corrected chi connectivity index (χ4v) is 2.99. The lowest BCUT2D eigenvalue weighted by Gasteiger charge is -2.12. The number of hydrogen-bond acceptors (Lipinski definition) is 3. The van der Waals surface area contributed by atoms with Gasteiger partial charge in [-0.3, -0.25) is 0 Å². The summed E-state index contributed by atoms with van der Waals surface area (Å²) < 4.78 is 11.4. The van der Waals surface area contributed by atoms with Crippen LogP contribution >= 0.6 is 12.2 Å². The lowest BCUT2D eigenvalue weighted by molar-refractivity contribution is 0.406. The van der Waals surface area contributed by atoms with Gasteiger partial charge in [0.2, 0.25) is 0 Å². The molecule has 0 aliphatic carbocycles. The van der Waals surface area contributed by atoms with Gasteiger partial charge in [0.25, 0.3) is 0 Å². The van der Waals surface area contributed by atoms with Crippen molar-refractivity contribution in [2.45, 2.75) is 0 Å². The van der Waals surface area contributed by atoms with Gasteiger partial charge in [-0.25, -0.2) is 0 Å². The van der Waals surface area contributed by atoms with E-state index < -0.39 is 0 Å². The molecule has 0 saturated heterocycles. The van der Waals surface area contributed by atoms with E-state index in [0.29, 0.717) is 11.5 Å². The zero-order valence-corrected chi connectivity index (χ0v) is 13.6. The molecule has 3 heteroatoms. The molecule has 116 valence electrons. The first-order chi connectivity index (χ1) is 11.8. The van der Waals surface area contributed by atoms with Crippen LogP contribution in [0.25, 0.3) is 21.5 Å². The Morgan fingerprint density at radius 1 is 0.625 bits per heavy atom. The third-order valence-corrected chi connectivity index (χ3v) is 4.03. The Hall–Kier alpha value is -2.91. The molecule has 4 aromatic carbocycles. The molecule has 0 heterocycles. The van der Waals surface area contributed by atoms with Gasteiger partial charge in [0.1, 0.15) is 11.5 Å². The Bertz CT molecular complexity index is 1030. The molecule has 0 bridgehead atoms. The molecule has 0 unspecified atom stereocenters. The van der Waals surface area contributed by atoms with Gasteiger partial charge in [0.15, 0.2) is 0 Å². The summed E-state index contributed by atoms with van der Waals surface area (Å²) in [6.07, 6.45) is 0. The van der Waals surface area contributed by atoms with Crippen LogP contribution in [0, 0.1) is 0 Å². The molecule has 0 fully saturated rings. The number of hydrogen-bond donors (Lipinski definition) is 0. The predicted octanol–water partition coefficient (Wildman–Crippen LogP) is 5.74. The van der Waals surface area contributed by atoms with Crippen LogP contribution < -0.4 is 9.47 Å². The molecule has 0 spiro atoms. The minimum Gasteiger partial charge on any atom is -0.417 e. The molecule has 0 saturated carbocycles. The normalized spacial score (nSPS) is 10.7. The van der Waals surface area contributed by atoms with Gasteiger partial charge in [0.05, 0.1) is 0 Å². The maximum atomic E-state index is 5.85. The summed E-state index contributed by atoms with van der Waals surface area (Å²) in [6, 6.07) is 27.8. The van der Waals surface area contributed by atoms with Crippen molar-refractivity contribution in [1.29, 1.82) is 0 Å². The summed E-state index contributed by atoms with van der Waals surface area (Å²) in [5.74, 6) is 1.36. The van der Waals surface area contributed by atoms with E-state index in [2.05, 4.69) is 18.2 Å². The quantitative estimate of drug-likeness (QED) is 0.345. The van der Waals surface area contributed by atoms with Crippen LogP contribution in [-0.2, 0) is 0 Å². The minimum absolute atomic E-state index is 0.0848. The number of rotatable bonds is 2. The molecule has 0 aliphatic heterocycles. The summed E-state index contributed by atoms with van der Waals surface area (Å²) in [7, 11) is 0. The molecule has 24 heavy (non-hydrogen) atoms. The van der Waals surface area contributed by atoms with Crippen molar-refractivity contribution in [2.75, 3.05) is 0 Å². The van der Waals surface area contributed by atoms with Crippen LogP contribution in [-0.4, -0.2) is 5.24 Å². The van der Waals surface area contributed by atoms with Crippen LogP contribution in [0.5, 0.6) is 11.5 Å². The molecule has 0 aromatic heterocycles. The smallest absolute Gasteiger partial charge is 0.363 e. The summed E-state index contributed by atoms with van der Waals surface area (Å²) in [5.41, 5.74) is 0. The maximum absolute atomic E-state index is 5.85. The van der Waals surface area contributed by atoms with Crippen molar-refractivity contribution in [3.63, 3.8) is 0 Å². The molecule has 0 amide bonds. The number of benzene rings is 4. The van der Waals surface area contributed by atoms with Crippen molar-refractivity contribution in [1.82, 2.24) is 0 Å². The van der Waals surface area contributed by atoms with Gasteiger partial charge in [-0.15, -0.1) is 0 Å². The van der Waals surface area contributed by atoms with E-state index >= 15 is 0 Å². The molecular weight excluding hydrogens is 316 g/mol. The average Bonchev–Trinajstić information content (AvgIpc) is 2.63. The topological polar surface area (TPSA) is 18.5 Å². The maximum Gasteiger partial charge on any atom is 0.363 e. The SMILES string of the molecule is S=C(Oc1ccccc1)Oc1cc2ccccc2c2ccccc12. The van der Waals surface area contributed by atoms with Crippen molar-refractivity contribution in [3.8, 4) is 11.5 Å². The van der Waals surface area contributed by atoms with Gasteiger partial charge in [-0.2, -0.15) is 0 Å². The van der Waals surface area contributed by atoms with Gasteiger partial charge in [-0.05, 0) is 34.4 Å². The third kappa shape index (κ3) is 2.82. The first-order valence-electron chi connectivity index (χ1n) is 7.66. The molecular formula is C21H14O2S. The Balaban J connectivity index is 1.74. The van der Waals surface area contributed by atoms with Gasteiger partial charge < -0.3 is 9.47 Å². The van der Waals surface area contributed by atoms with Crippen LogP contribution in [0.2, 0.25) is 0 Å². The molecule has 4 aromatic rings. The minimum atomic E-state index is 0.0848. The summed E-state index contributed by atoms with van der Waals surface area (Å²) in [5, 5.41) is 4.52. The fourth-order valence-electron chi connectivity index (χ4n) is 2.80. The highest BCUT2D eigenvalue weighted by Crippen LogP contribution is 2.33. The van der Waals surface area contributed by atoms with E-state index in [1.165, 1.54) is 5.39 Å². The highest BCUT2D eigenvalue weighted by molar-refractivity contribution is 7.79. The standard InChI is InChI=1S/C21H14O2S/c24-21(22-16-9-2-1-3-10-16)23-20-14-15-8-4-5-11-17(15)18-12-6-7-13-19(18)20/h1-14H. The molecule has 4 rings (SSSR count). The molecule has 0 atom stereocenters. The van der Waals surface area contributed by atoms with E-state index in [4.69, 9.17) is 21.7 Å². The molecule has 2 nitrogen and oxygen atoms in total. The van der Waals surface area contributed by atoms with E-state index in [1.54, 1.807) is 0 Å².